The first-order valence-electron chi connectivity index (χ1n) is 10.4. The van der Waals surface area contributed by atoms with Crippen LogP contribution in [0.5, 0.6) is 0 Å². The van der Waals surface area contributed by atoms with Crippen molar-refractivity contribution in [3.05, 3.63) is 96.4 Å². The number of hydrogen-bond acceptors (Lipinski definition) is 5. The zero-order chi connectivity index (χ0) is 21.7. The largest absolute Gasteiger partial charge is 0.352 e. The fourth-order valence-electron chi connectivity index (χ4n) is 3.63. The van der Waals surface area contributed by atoms with E-state index >= 15 is 0 Å². The molecule has 2 heterocycles. The Bertz CT molecular complexity index is 1150. The number of benzene rings is 2. The van der Waals surface area contributed by atoms with E-state index in [1.807, 2.05) is 43.5 Å². The number of aromatic nitrogens is 3. The van der Waals surface area contributed by atoms with Crippen LogP contribution >= 0.6 is 12.4 Å². The van der Waals surface area contributed by atoms with Crippen LogP contribution in [0, 0.1) is 6.92 Å². The zero-order valence-corrected chi connectivity index (χ0v) is 19.1. The van der Waals surface area contributed by atoms with Gasteiger partial charge in [0.05, 0.1) is 5.69 Å². The van der Waals surface area contributed by atoms with E-state index in [4.69, 9.17) is 10.7 Å². The van der Waals surface area contributed by atoms with E-state index in [0.717, 1.165) is 28.8 Å². The minimum atomic E-state index is -0.434. The highest BCUT2D eigenvalue weighted by atomic mass is 35.5. The first-order valence-corrected chi connectivity index (χ1v) is 10.4. The SMILES string of the molecule is Cc1cccc(-c2cnc(NCC(C)(N)Cc3ccccc3)nc2-c2ccncc2)c1.Cl. The maximum Gasteiger partial charge on any atom is 0.223 e. The van der Waals surface area contributed by atoms with Gasteiger partial charge in [0, 0.05) is 41.8 Å². The van der Waals surface area contributed by atoms with Crippen molar-refractivity contribution in [3.8, 4) is 22.4 Å². The van der Waals surface area contributed by atoms with Crippen molar-refractivity contribution in [2.24, 2.45) is 5.73 Å². The minimum Gasteiger partial charge on any atom is -0.352 e. The van der Waals surface area contributed by atoms with E-state index in [0.29, 0.717) is 12.5 Å². The van der Waals surface area contributed by atoms with E-state index in [-0.39, 0.29) is 12.4 Å². The Morgan fingerprint density at radius 2 is 1.69 bits per heavy atom. The average Bonchev–Trinajstić information content (AvgIpc) is 2.79. The van der Waals surface area contributed by atoms with E-state index in [9.17, 15) is 0 Å². The number of pyridine rings is 1. The number of nitrogens with zero attached hydrogens (tertiary/aromatic N) is 3. The number of rotatable bonds is 7. The highest BCUT2D eigenvalue weighted by molar-refractivity contribution is 5.85. The lowest BCUT2D eigenvalue weighted by Crippen LogP contribution is -2.45. The van der Waals surface area contributed by atoms with Gasteiger partial charge in [0.1, 0.15) is 0 Å². The molecule has 5 nitrogen and oxygen atoms in total. The summed E-state index contributed by atoms with van der Waals surface area (Å²) in [7, 11) is 0. The zero-order valence-electron chi connectivity index (χ0n) is 18.3. The summed E-state index contributed by atoms with van der Waals surface area (Å²) >= 11 is 0. The van der Waals surface area contributed by atoms with E-state index in [1.165, 1.54) is 11.1 Å². The lowest BCUT2D eigenvalue weighted by atomic mass is 9.94. The number of anilines is 1. The molecule has 0 saturated carbocycles. The van der Waals surface area contributed by atoms with Crippen LogP contribution in [0.3, 0.4) is 0 Å². The van der Waals surface area contributed by atoms with Gasteiger partial charge < -0.3 is 11.1 Å². The summed E-state index contributed by atoms with van der Waals surface area (Å²) < 4.78 is 0. The summed E-state index contributed by atoms with van der Waals surface area (Å²) in [6.07, 6.45) is 6.20. The molecule has 0 aliphatic carbocycles. The molecule has 3 N–H and O–H groups in total. The fraction of sp³-hybridized carbons (Fsp3) is 0.192. The molecule has 2 aromatic carbocycles. The molecule has 0 bridgehead atoms. The summed E-state index contributed by atoms with van der Waals surface area (Å²) in [6, 6.07) is 22.6. The Morgan fingerprint density at radius 1 is 0.938 bits per heavy atom. The quantitative estimate of drug-likeness (QED) is 0.403. The highest BCUT2D eigenvalue weighted by Gasteiger charge is 2.20. The van der Waals surface area contributed by atoms with Crippen LogP contribution in [0.25, 0.3) is 22.4 Å². The molecule has 32 heavy (non-hydrogen) atoms. The predicted molar refractivity (Wildman–Crippen MR) is 134 cm³/mol. The molecule has 2 aromatic heterocycles. The number of aryl methyl sites for hydroxylation is 1. The molecule has 0 amide bonds. The molecule has 4 aromatic rings. The van der Waals surface area contributed by atoms with Gasteiger partial charge in [-0.05, 0) is 43.5 Å². The summed E-state index contributed by atoms with van der Waals surface area (Å²) in [4.78, 5) is 13.6. The topological polar surface area (TPSA) is 76.7 Å². The third kappa shape index (κ3) is 5.90. The highest BCUT2D eigenvalue weighted by Crippen LogP contribution is 2.31. The summed E-state index contributed by atoms with van der Waals surface area (Å²) in [5, 5.41) is 3.34. The van der Waals surface area contributed by atoms with Gasteiger partial charge in [-0.25, -0.2) is 9.97 Å². The molecule has 1 atom stereocenters. The number of hydrogen-bond donors (Lipinski definition) is 2. The molecule has 0 radical (unpaired) electrons. The van der Waals surface area contributed by atoms with Crippen LogP contribution in [0.2, 0.25) is 0 Å². The van der Waals surface area contributed by atoms with Crippen molar-refractivity contribution < 1.29 is 0 Å². The van der Waals surface area contributed by atoms with Crippen LogP contribution in [0.15, 0.2) is 85.3 Å². The standard InChI is InChI=1S/C26H27N5.ClH/c1-19-7-6-10-22(15-19)23-17-29-25(31-24(23)21-11-13-28-14-12-21)30-18-26(2,27)16-20-8-4-3-5-9-20;/h3-15,17H,16,18,27H2,1-2H3,(H,29,30,31);1H. The van der Waals surface area contributed by atoms with Crippen molar-refractivity contribution >= 4 is 18.4 Å². The molecule has 164 valence electrons. The van der Waals surface area contributed by atoms with Crippen molar-refractivity contribution in [1.29, 1.82) is 0 Å². The van der Waals surface area contributed by atoms with Crippen LogP contribution in [-0.4, -0.2) is 27.0 Å². The number of nitrogens with two attached hydrogens (primary N) is 1. The Labute approximate surface area is 195 Å². The molecule has 6 heteroatoms. The monoisotopic (exact) mass is 445 g/mol. The average molecular weight is 446 g/mol. The van der Waals surface area contributed by atoms with Gasteiger partial charge in [-0.1, -0.05) is 60.2 Å². The second-order valence-electron chi connectivity index (χ2n) is 8.23. The molecule has 0 aliphatic rings. The first kappa shape index (κ1) is 23.4. The maximum atomic E-state index is 6.56. The second-order valence-corrected chi connectivity index (χ2v) is 8.23. The Morgan fingerprint density at radius 3 is 2.41 bits per heavy atom. The summed E-state index contributed by atoms with van der Waals surface area (Å²) in [5.41, 5.74) is 12.5. The molecular formula is C26H28ClN5. The van der Waals surface area contributed by atoms with Crippen LogP contribution < -0.4 is 11.1 Å². The van der Waals surface area contributed by atoms with Crippen molar-refractivity contribution in [1.82, 2.24) is 15.0 Å². The minimum absolute atomic E-state index is 0. The molecule has 0 aliphatic heterocycles. The number of nitrogens with one attached hydrogen (secondary N) is 1. The molecule has 0 saturated heterocycles. The normalized spacial score (nSPS) is 12.5. The maximum absolute atomic E-state index is 6.56. The van der Waals surface area contributed by atoms with Crippen molar-refractivity contribution in [2.45, 2.75) is 25.8 Å². The number of halogens is 1. The lowest BCUT2D eigenvalue weighted by molar-refractivity contribution is 0.490. The summed E-state index contributed by atoms with van der Waals surface area (Å²) in [6.45, 7) is 4.68. The van der Waals surface area contributed by atoms with E-state index in [2.05, 4.69) is 58.6 Å². The Balaban J connectivity index is 0.00000289. The van der Waals surface area contributed by atoms with Crippen LogP contribution in [0.4, 0.5) is 5.95 Å². The van der Waals surface area contributed by atoms with Crippen molar-refractivity contribution in [2.75, 3.05) is 11.9 Å². The van der Waals surface area contributed by atoms with Gasteiger partial charge in [0.25, 0.3) is 0 Å². The smallest absolute Gasteiger partial charge is 0.223 e. The molecular weight excluding hydrogens is 418 g/mol. The Hall–Kier alpha value is -3.28. The van der Waals surface area contributed by atoms with Crippen molar-refractivity contribution in [3.63, 3.8) is 0 Å². The van der Waals surface area contributed by atoms with E-state index in [1.54, 1.807) is 12.4 Å². The molecule has 1 unspecified atom stereocenters. The molecule has 0 spiro atoms. The van der Waals surface area contributed by atoms with Gasteiger partial charge >= 0.3 is 0 Å². The Kier molecular flexibility index (Phi) is 7.57. The van der Waals surface area contributed by atoms with Gasteiger partial charge in [-0.2, -0.15) is 0 Å². The first-order chi connectivity index (χ1) is 15.0. The van der Waals surface area contributed by atoms with Gasteiger partial charge in [0.2, 0.25) is 5.95 Å². The van der Waals surface area contributed by atoms with Gasteiger partial charge in [-0.15, -0.1) is 12.4 Å². The van der Waals surface area contributed by atoms with Crippen LogP contribution in [-0.2, 0) is 6.42 Å². The van der Waals surface area contributed by atoms with Gasteiger partial charge in [0.15, 0.2) is 0 Å². The lowest BCUT2D eigenvalue weighted by Gasteiger charge is -2.25. The fourth-order valence-corrected chi connectivity index (χ4v) is 3.63. The molecule has 0 fully saturated rings. The van der Waals surface area contributed by atoms with Crippen LogP contribution in [0.1, 0.15) is 18.1 Å². The summed E-state index contributed by atoms with van der Waals surface area (Å²) in [5.74, 6) is 0.563. The third-order valence-electron chi connectivity index (χ3n) is 5.17. The van der Waals surface area contributed by atoms with E-state index < -0.39 is 5.54 Å². The molecule has 4 rings (SSSR count). The predicted octanol–water partition coefficient (Wildman–Crippen LogP) is 5.31. The third-order valence-corrected chi connectivity index (χ3v) is 5.17. The second kappa shape index (κ2) is 10.4. The van der Waals surface area contributed by atoms with Gasteiger partial charge in [-0.3, -0.25) is 4.98 Å².